The highest BCUT2D eigenvalue weighted by Crippen LogP contribution is 2.46. The number of benzene rings is 1. The molecule has 148 valence electrons. The number of likely N-dealkylation sites (tertiary alicyclic amines) is 1. The second kappa shape index (κ2) is 6.62. The van der Waals surface area contributed by atoms with Gasteiger partial charge in [0.15, 0.2) is 0 Å². The molecule has 28 heavy (non-hydrogen) atoms. The van der Waals surface area contributed by atoms with Crippen LogP contribution in [0.15, 0.2) is 30.3 Å². The van der Waals surface area contributed by atoms with Crippen molar-refractivity contribution in [2.45, 2.75) is 51.2 Å². The molecule has 4 fully saturated rings. The topological polar surface area (TPSA) is 61.6 Å². The van der Waals surface area contributed by atoms with Crippen molar-refractivity contribution >= 4 is 5.91 Å². The Morgan fingerprint density at radius 2 is 1.96 bits per heavy atom. The number of rotatable bonds is 3. The van der Waals surface area contributed by atoms with Crippen LogP contribution in [0.5, 0.6) is 5.75 Å². The molecule has 0 aliphatic carbocycles. The molecule has 1 aromatic heterocycles. The van der Waals surface area contributed by atoms with Gasteiger partial charge < -0.3 is 10.0 Å². The summed E-state index contributed by atoms with van der Waals surface area (Å²) in [4.78, 5) is 18.1. The molecule has 4 aliphatic heterocycles. The van der Waals surface area contributed by atoms with Crippen molar-refractivity contribution in [1.82, 2.24) is 19.6 Å². The molecule has 6 rings (SSSR count). The first-order chi connectivity index (χ1) is 13.5. The number of aromatic hydroxyl groups is 1. The highest BCUT2D eigenvalue weighted by molar-refractivity contribution is 5.77. The number of hydrogen-bond acceptors (Lipinski definition) is 4. The molecule has 0 spiro atoms. The third-order valence-corrected chi connectivity index (χ3v) is 7.00. The average Bonchev–Trinajstić information content (AvgIpc) is 3.24. The van der Waals surface area contributed by atoms with Gasteiger partial charge in [-0.15, -0.1) is 0 Å². The van der Waals surface area contributed by atoms with E-state index in [4.69, 9.17) is 0 Å². The molecule has 0 radical (unpaired) electrons. The summed E-state index contributed by atoms with van der Waals surface area (Å²) in [5.41, 5.74) is 3.12. The molecule has 1 aromatic carbocycles. The van der Waals surface area contributed by atoms with Crippen LogP contribution >= 0.6 is 0 Å². The number of hydrogen-bond donors (Lipinski definition) is 1. The minimum atomic E-state index is 0.164. The zero-order valence-electron chi connectivity index (χ0n) is 16.6. The molecule has 3 atom stereocenters. The highest BCUT2D eigenvalue weighted by atomic mass is 16.3. The van der Waals surface area contributed by atoms with Crippen molar-refractivity contribution < 1.29 is 9.90 Å². The van der Waals surface area contributed by atoms with Crippen molar-refractivity contribution in [3.63, 3.8) is 0 Å². The Balaban J connectivity index is 1.46. The van der Waals surface area contributed by atoms with Gasteiger partial charge >= 0.3 is 0 Å². The molecule has 5 heterocycles. The van der Waals surface area contributed by atoms with Crippen LogP contribution in [0, 0.1) is 19.8 Å². The lowest BCUT2D eigenvalue weighted by atomic mass is 9.75. The molecule has 4 saturated heterocycles. The number of piperidine rings is 3. The normalized spacial score (nSPS) is 31.2. The molecule has 2 aromatic rings. The molecule has 0 saturated carbocycles. The number of fused-ring (bicyclic) bond motifs is 2. The van der Waals surface area contributed by atoms with Crippen LogP contribution in [0.25, 0.3) is 0 Å². The Kier molecular flexibility index (Phi) is 4.19. The smallest absolute Gasteiger partial charge is 0.244 e. The Labute approximate surface area is 165 Å². The van der Waals surface area contributed by atoms with Crippen molar-refractivity contribution in [2.75, 3.05) is 19.6 Å². The Morgan fingerprint density at radius 3 is 2.64 bits per heavy atom. The van der Waals surface area contributed by atoms with Gasteiger partial charge in [0, 0.05) is 24.2 Å². The van der Waals surface area contributed by atoms with Gasteiger partial charge in [0.05, 0.1) is 11.7 Å². The fourth-order valence-electron chi connectivity index (χ4n) is 5.81. The summed E-state index contributed by atoms with van der Waals surface area (Å²) in [6, 6.07) is 10.3. The van der Waals surface area contributed by atoms with Crippen LogP contribution in [0.4, 0.5) is 0 Å². The van der Waals surface area contributed by atoms with Gasteiger partial charge in [-0.25, -0.2) is 0 Å². The van der Waals surface area contributed by atoms with Crippen molar-refractivity contribution in [1.29, 1.82) is 0 Å². The second-order valence-corrected chi connectivity index (χ2v) is 8.69. The summed E-state index contributed by atoms with van der Waals surface area (Å²) in [7, 11) is 0. The molecule has 1 amide bonds. The maximum Gasteiger partial charge on any atom is 0.244 e. The van der Waals surface area contributed by atoms with E-state index >= 15 is 0 Å². The maximum absolute atomic E-state index is 13.3. The predicted octanol–water partition coefficient (Wildman–Crippen LogP) is 2.29. The zero-order chi connectivity index (χ0) is 19.4. The van der Waals surface area contributed by atoms with Gasteiger partial charge in [-0.1, -0.05) is 12.1 Å². The van der Waals surface area contributed by atoms with Gasteiger partial charge in [-0.05, 0) is 69.5 Å². The Bertz CT molecular complexity index is 900. The molecule has 1 N–H and O–H groups in total. The number of amides is 1. The van der Waals surface area contributed by atoms with Gasteiger partial charge in [0.25, 0.3) is 0 Å². The van der Waals surface area contributed by atoms with Crippen LogP contribution in [0.1, 0.15) is 35.7 Å². The van der Waals surface area contributed by atoms with Crippen molar-refractivity contribution in [2.24, 2.45) is 5.92 Å². The van der Waals surface area contributed by atoms with E-state index in [1.807, 2.05) is 36.7 Å². The van der Waals surface area contributed by atoms with Crippen LogP contribution in [0.3, 0.4) is 0 Å². The summed E-state index contributed by atoms with van der Waals surface area (Å²) in [5, 5.41) is 14.5. The zero-order valence-corrected chi connectivity index (χ0v) is 16.6. The summed E-state index contributed by atoms with van der Waals surface area (Å²) < 4.78 is 1.83. The predicted molar refractivity (Wildman–Crippen MR) is 106 cm³/mol. The standard InChI is InChI=1S/C22H28N4O2/c1-14-10-15(2)26(23-14)13-20(28)25-12-19(17-4-3-5-18(27)11-17)22-21(25)16-6-8-24(22)9-7-16/h3-5,10-11,16,19,21-22,27H,6-9,12-13H2,1-2H3/t19-,21+,22+/m0/s1. The fraction of sp³-hybridized carbons (Fsp3) is 0.545. The van der Waals surface area contributed by atoms with E-state index in [0.29, 0.717) is 24.3 Å². The lowest BCUT2D eigenvalue weighted by Crippen LogP contribution is -2.61. The van der Waals surface area contributed by atoms with Gasteiger partial charge in [0.1, 0.15) is 12.3 Å². The second-order valence-electron chi connectivity index (χ2n) is 8.69. The number of phenols is 1. The molecule has 4 aliphatic rings. The van der Waals surface area contributed by atoms with Crippen molar-refractivity contribution in [3.8, 4) is 5.75 Å². The first-order valence-electron chi connectivity index (χ1n) is 10.3. The fourth-order valence-corrected chi connectivity index (χ4v) is 5.81. The van der Waals surface area contributed by atoms with Crippen molar-refractivity contribution in [3.05, 3.63) is 47.3 Å². The number of aromatic nitrogens is 2. The number of aryl methyl sites for hydroxylation is 2. The van der Waals surface area contributed by atoms with E-state index in [2.05, 4.69) is 21.0 Å². The van der Waals surface area contributed by atoms with E-state index in [9.17, 15) is 9.90 Å². The van der Waals surface area contributed by atoms with E-state index < -0.39 is 0 Å². The monoisotopic (exact) mass is 380 g/mol. The first-order valence-corrected chi connectivity index (χ1v) is 10.3. The van der Waals surface area contributed by atoms with Gasteiger partial charge in [0.2, 0.25) is 5.91 Å². The first kappa shape index (κ1) is 17.7. The summed E-state index contributed by atoms with van der Waals surface area (Å²) in [6.45, 7) is 7.25. The quantitative estimate of drug-likeness (QED) is 0.888. The largest absolute Gasteiger partial charge is 0.508 e. The number of phenolic OH excluding ortho intramolecular Hbond substituents is 1. The molecule has 6 nitrogen and oxygen atoms in total. The van der Waals surface area contributed by atoms with Gasteiger partial charge in [-0.3, -0.25) is 14.4 Å². The highest BCUT2D eigenvalue weighted by Gasteiger charge is 2.54. The lowest BCUT2D eigenvalue weighted by Gasteiger charge is -2.51. The average molecular weight is 380 g/mol. The SMILES string of the molecule is Cc1cc(C)n(CC(=O)N2C[C@@H](c3cccc(O)c3)[C@@H]3[C@H]2C2CCN3CC2)n1. The summed E-state index contributed by atoms with van der Waals surface area (Å²) in [5.74, 6) is 1.31. The lowest BCUT2D eigenvalue weighted by molar-refractivity contribution is -0.136. The van der Waals surface area contributed by atoms with Crippen LogP contribution in [-0.2, 0) is 11.3 Å². The maximum atomic E-state index is 13.3. The van der Waals surface area contributed by atoms with E-state index in [0.717, 1.165) is 36.6 Å². The third kappa shape index (κ3) is 2.82. The molecule has 2 bridgehead atoms. The van der Waals surface area contributed by atoms with E-state index in [-0.39, 0.29) is 17.9 Å². The minimum Gasteiger partial charge on any atom is -0.508 e. The summed E-state index contributed by atoms with van der Waals surface area (Å²) in [6.07, 6.45) is 2.36. The number of carbonyl (C=O) groups excluding carboxylic acids is 1. The molecular weight excluding hydrogens is 352 g/mol. The molecule has 6 heteroatoms. The summed E-state index contributed by atoms with van der Waals surface area (Å²) >= 11 is 0. The Hall–Kier alpha value is -2.34. The van der Waals surface area contributed by atoms with Crippen LogP contribution < -0.4 is 0 Å². The van der Waals surface area contributed by atoms with Crippen LogP contribution in [-0.4, -0.2) is 62.3 Å². The van der Waals surface area contributed by atoms with E-state index in [1.54, 1.807) is 6.07 Å². The minimum absolute atomic E-state index is 0.164. The van der Waals surface area contributed by atoms with Crippen LogP contribution in [0.2, 0.25) is 0 Å². The van der Waals surface area contributed by atoms with E-state index in [1.165, 1.54) is 12.8 Å². The number of nitrogens with zero attached hydrogens (tertiary/aromatic N) is 4. The van der Waals surface area contributed by atoms with Gasteiger partial charge in [-0.2, -0.15) is 5.10 Å². The number of carbonyl (C=O) groups is 1. The molecule has 0 unspecified atom stereocenters. The Morgan fingerprint density at radius 1 is 1.18 bits per heavy atom. The molecular formula is C22H28N4O2. The third-order valence-electron chi connectivity index (χ3n) is 7.00.